The smallest absolute Gasteiger partial charge is 0.322 e. The van der Waals surface area contributed by atoms with Crippen LogP contribution in [-0.2, 0) is 14.4 Å². The van der Waals surface area contributed by atoms with Crippen molar-refractivity contribution in [2.24, 2.45) is 11.7 Å². The summed E-state index contributed by atoms with van der Waals surface area (Å²) in [6.07, 6.45) is 6.11. The highest BCUT2D eigenvalue weighted by molar-refractivity contribution is 5.89. The van der Waals surface area contributed by atoms with Crippen molar-refractivity contribution in [1.29, 1.82) is 0 Å². The van der Waals surface area contributed by atoms with Crippen molar-refractivity contribution in [2.75, 3.05) is 13.1 Å². The molecule has 0 aromatic carbocycles. The van der Waals surface area contributed by atoms with Crippen LogP contribution in [0.4, 0.5) is 0 Å². The Labute approximate surface area is 118 Å². The van der Waals surface area contributed by atoms with Crippen LogP contribution in [0.2, 0.25) is 0 Å². The number of nitrogens with one attached hydrogen (secondary N) is 2. The van der Waals surface area contributed by atoms with E-state index in [1.54, 1.807) is 0 Å². The quantitative estimate of drug-likeness (QED) is 0.507. The summed E-state index contributed by atoms with van der Waals surface area (Å²) in [7, 11) is 0. The fourth-order valence-corrected chi connectivity index (χ4v) is 2.53. The van der Waals surface area contributed by atoms with E-state index in [0.717, 1.165) is 25.7 Å². The fourth-order valence-electron chi connectivity index (χ4n) is 2.53. The third-order valence-electron chi connectivity index (χ3n) is 3.54. The summed E-state index contributed by atoms with van der Waals surface area (Å²) in [5.41, 5.74) is 5.24. The normalized spacial score (nSPS) is 17.2. The first kappa shape index (κ1) is 16.4. The third-order valence-corrected chi connectivity index (χ3v) is 3.54. The van der Waals surface area contributed by atoms with Crippen LogP contribution in [0.15, 0.2) is 0 Å². The second-order valence-corrected chi connectivity index (χ2v) is 5.18. The minimum absolute atomic E-state index is 0.187. The van der Waals surface area contributed by atoms with Crippen LogP contribution < -0.4 is 16.4 Å². The van der Waals surface area contributed by atoms with Crippen molar-refractivity contribution in [2.45, 2.75) is 44.6 Å². The molecule has 1 aliphatic rings. The number of carboxylic acids is 1. The lowest BCUT2D eigenvalue weighted by Crippen LogP contribution is -2.50. The zero-order valence-corrected chi connectivity index (χ0v) is 11.6. The van der Waals surface area contributed by atoms with Gasteiger partial charge in [0.2, 0.25) is 11.8 Å². The van der Waals surface area contributed by atoms with Gasteiger partial charge in [-0.1, -0.05) is 32.1 Å². The summed E-state index contributed by atoms with van der Waals surface area (Å²) < 4.78 is 0. The number of amides is 2. The van der Waals surface area contributed by atoms with E-state index in [-0.39, 0.29) is 6.54 Å². The molecule has 7 heteroatoms. The Hall–Kier alpha value is -1.63. The van der Waals surface area contributed by atoms with Crippen LogP contribution >= 0.6 is 0 Å². The van der Waals surface area contributed by atoms with Gasteiger partial charge in [-0.05, 0) is 12.3 Å². The summed E-state index contributed by atoms with van der Waals surface area (Å²) in [4.78, 5) is 33.8. The molecule has 1 aliphatic carbocycles. The number of carbonyl (C=O) groups excluding carboxylic acids is 2. The van der Waals surface area contributed by atoms with Gasteiger partial charge in [0.1, 0.15) is 12.6 Å². The molecular formula is C13H23N3O4. The Morgan fingerprint density at radius 2 is 1.85 bits per heavy atom. The van der Waals surface area contributed by atoms with Crippen molar-refractivity contribution in [3.05, 3.63) is 0 Å². The summed E-state index contributed by atoms with van der Waals surface area (Å²) in [6, 6.07) is -0.700. The van der Waals surface area contributed by atoms with E-state index in [4.69, 9.17) is 10.8 Å². The lowest BCUT2D eigenvalue weighted by molar-refractivity contribution is -0.138. The highest BCUT2D eigenvalue weighted by atomic mass is 16.4. The molecule has 1 saturated carbocycles. The molecule has 0 bridgehead atoms. The highest BCUT2D eigenvalue weighted by Gasteiger charge is 2.25. The molecule has 0 heterocycles. The lowest BCUT2D eigenvalue weighted by Gasteiger charge is -2.26. The zero-order chi connectivity index (χ0) is 15.0. The predicted molar refractivity (Wildman–Crippen MR) is 72.8 cm³/mol. The molecule has 0 spiro atoms. The second kappa shape index (κ2) is 8.52. The third kappa shape index (κ3) is 6.01. The number of hydrogen-bond acceptors (Lipinski definition) is 4. The Balaban J connectivity index is 2.55. The zero-order valence-electron chi connectivity index (χ0n) is 11.6. The standard InChI is InChI=1S/C13H23N3O4/c14-7-11(17)16-10(13(20)15-8-12(18)19)6-9-4-2-1-3-5-9/h9-10H,1-8,14H2,(H,15,20)(H,16,17)(H,18,19)/t10-/m1/s1. The molecular weight excluding hydrogens is 262 g/mol. The van der Waals surface area contributed by atoms with Crippen LogP contribution in [0.25, 0.3) is 0 Å². The molecule has 0 aromatic heterocycles. The average Bonchev–Trinajstić information content (AvgIpc) is 2.44. The van der Waals surface area contributed by atoms with Crippen molar-refractivity contribution in [1.82, 2.24) is 10.6 Å². The largest absolute Gasteiger partial charge is 0.480 e. The van der Waals surface area contributed by atoms with Crippen LogP contribution in [0, 0.1) is 5.92 Å². The number of nitrogens with two attached hydrogens (primary N) is 1. The number of rotatable bonds is 7. The molecule has 1 atom stereocenters. The molecule has 114 valence electrons. The SMILES string of the molecule is NCC(=O)N[C@H](CC1CCCCC1)C(=O)NCC(=O)O. The lowest BCUT2D eigenvalue weighted by atomic mass is 9.84. The predicted octanol–water partition coefficient (Wildman–Crippen LogP) is -0.399. The molecule has 0 saturated heterocycles. The van der Waals surface area contributed by atoms with Crippen molar-refractivity contribution in [3.63, 3.8) is 0 Å². The Kier molecular flexibility index (Phi) is 7.00. The summed E-state index contributed by atoms with van der Waals surface area (Å²) in [5, 5.41) is 13.4. The van der Waals surface area contributed by atoms with Crippen LogP contribution in [0.1, 0.15) is 38.5 Å². The first-order valence-corrected chi connectivity index (χ1v) is 7.02. The van der Waals surface area contributed by atoms with Crippen LogP contribution in [-0.4, -0.2) is 42.0 Å². The van der Waals surface area contributed by atoms with E-state index in [9.17, 15) is 14.4 Å². The molecule has 1 rings (SSSR count). The molecule has 2 amide bonds. The Bertz CT molecular complexity index is 354. The van der Waals surface area contributed by atoms with Crippen molar-refractivity contribution in [3.8, 4) is 0 Å². The van der Waals surface area contributed by atoms with Crippen LogP contribution in [0.5, 0.6) is 0 Å². The average molecular weight is 285 g/mol. The molecule has 1 fully saturated rings. The van der Waals surface area contributed by atoms with Gasteiger partial charge >= 0.3 is 5.97 Å². The van der Waals surface area contributed by atoms with Gasteiger partial charge in [0, 0.05) is 0 Å². The van der Waals surface area contributed by atoms with Gasteiger partial charge in [0.25, 0.3) is 0 Å². The van der Waals surface area contributed by atoms with Crippen molar-refractivity contribution < 1.29 is 19.5 Å². The van der Waals surface area contributed by atoms with E-state index in [0.29, 0.717) is 12.3 Å². The molecule has 0 unspecified atom stereocenters. The second-order valence-electron chi connectivity index (χ2n) is 5.18. The molecule has 7 nitrogen and oxygen atoms in total. The van der Waals surface area contributed by atoms with E-state index in [2.05, 4.69) is 10.6 Å². The molecule has 0 aliphatic heterocycles. The maximum Gasteiger partial charge on any atom is 0.322 e. The van der Waals surface area contributed by atoms with Gasteiger partial charge < -0.3 is 21.5 Å². The van der Waals surface area contributed by atoms with Gasteiger partial charge in [-0.3, -0.25) is 14.4 Å². The molecule has 5 N–H and O–H groups in total. The summed E-state index contributed by atoms with van der Waals surface area (Å²) in [6.45, 7) is -0.633. The number of carbonyl (C=O) groups is 3. The van der Waals surface area contributed by atoms with Gasteiger partial charge in [-0.15, -0.1) is 0 Å². The van der Waals surface area contributed by atoms with Gasteiger partial charge in [0.05, 0.1) is 6.54 Å². The minimum atomic E-state index is -1.11. The van der Waals surface area contributed by atoms with Gasteiger partial charge in [-0.25, -0.2) is 0 Å². The van der Waals surface area contributed by atoms with E-state index in [1.165, 1.54) is 6.42 Å². The Morgan fingerprint density at radius 3 is 2.40 bits per heavy atom. The van der Waals surface area contributed by atoms with E-state index in [1.807, 2.05) is 0 Å². The molecule has 0 aromatic rings. The summed E-state index contributed by atoms with van der Waals surface area (Å²) >= 11 is 0. The maximum atomic E-state index is 11.9. The van der Waals surface area contributed by atoms with Crippen LogP contribution in [0.3, 0.4) is 0 Å². The van der Waals surface area contributed by atoms with Gasteiger partial charge in [-0.2, -0.15) is 0 Å². The Morgan fingerprint density at radius 1 is 1.20 bits per heavy atom. The van der Waals surface area contributed by atoms with Gasteiger partial charge in [0.15, 0.2) is 0 Å². The van der Waals surface area contributed by atoms with E-state index >= 15 is 0 Å². The topological polar surface area (TPSA) is 122 Å². The minimum Gasteiger partial charge on any atom is -0.480 e. The number of carboxylic acid groups (broad SMARTS) is 1. The first-order valence-electron chi connectivity index (χ1n) is 7.02. The number of aliphatic carboxylic acids is 1. The fraction of sp³-hybridized carbons (Fsp3) is 0.769. The highest BCUT2D eigenvalue weighted by Crippen LogP contribution is 2.27. The monoisotopic (exact) mass is 285 g/mol. The molecule has 0 radical (unpaired) electrons. The first-order chi connectivity index (χ1) is 9.52. The summed E-state index contributed by atoms with van der Waals surface area (Å²) in [5.74, 6) is -1.58. The number of hydrogen-bond donors (Lipinski definition) is 4. The maximum absolute atomic E-state index is 11.9. The van der Waals surface area contributed by atoms with Crippen molar-refractivity contribution >= 4 is 17.8 Å². The van der Waals surface area contributed by atoms with E-state index < -0.39 is 30.4 Å². The molecule has 20 heavy (non-hydrogen) atoms.